The number of ether oxygens (including phenoxy) is 5. The molecule has 0 spiro atoms. The molecular weight excluding hydrogens is 689 g/mol. The van der Waals surface area contributed by atoms with Crippen molar-refractivity contribution in [2.75, 3.05) is 53.5 Å². The number of anilines is 1. The minimum Gasteiger partial charge on any atom is -0.501 e. The second-order valence-electron chi connectivity index (χ2n) is 15.4. The van der Waals surface area contributed by atoms with E-state index in [0.29, 0.717) is 17.9 Å². The molecule has 1 saturated heterocycles. The Morgan fingerprint density at radius 1 is 0.745 bits per heavy atom. The van der Waals surface area contributed by atoms with Crippen molar-refractivity contribution in [1.29, 1.82) is 0 Å². The van der Waals surface area contributed by atoms with Gasteiger partial charge in [-0.1, -0.05) is 6.07 Å². The van der Waals surface area contributed by atoms with E-state index >= 15 is 0 Å². The first-order valence-electron chi connectivity index (χ1n) is 19.8. The Morgan fingerprint density at radius 3 is 2.20 bits per heavy atom. The SMILES string of the molecule is COC1=CC(c2ncccc2CN(c2ccc(OC)cc2)C2CCN(Cc3ccnc(-c4cc(OC)c(OC)c(C5CC5)c4)c3)CC2)CC(OC)=C1C1CC1. The van der Waals surface area contributed by atoms with Gasteiger partial charge in [-0.3, -0.25) is 14.9 Å². The van der Waals surface area contributed by atoms with Crippen LogP contribution < -0.4 is 19.1 Å². The zero-order valence-electron chi connectivity index (χ0n) is 32.9. The maximum Gasteiger partial charge on any atom is 0.164 e. The van der Waals surface area contributed by atoms with Gasteiger partial charge in [-0.25, -0.2) is 0 Å². The molecule has 2 aromatic heterocycles. The second-order valence-corrected chi connectivity index (χ2v) is 15.4. The van der Waals surface area contributed by atoms with Crippen molar-refractivity contribution in [2.45, 2.75) is 75.9 Å². The van der Waals surface area contributed by atoms with Crippen LogP contribution in [0.25, 0.3) is 11.3 Å². The number of rotatable bonds is 15. The molecule has 55 heavy (non-hydrogen) atoms. The van der Waals surface area contributed by atoms with Gasteiger partial charge < -0.3 is 28.6 Å². The van der Waals surface area contributed by atoms with Crippen LogP contribution in [0.1, 0.15) is 79.2 Å². The number of methoxy groups -OCH3 is 5. The summed E-state index contributed by atoms with van der Waals surface area (Å²) in [6, 6.07) is 21.9. The van der Waals surface area contributed by atoms with E-state index in [1.807, 2.05) is 12.4 Å². The van der Waals surface area contributed by atoms with Crippen LogP contribution in [0.3, 0.4) is 0 Å². The van der Waals surface area contributed by atoms with Gasteiger partial charge in [-0.2, -0.15) is 0 Å². The van der Waals surface area contributed by atoms with Gasteiger partial charge in [0.2, 0.25) is 0 Å². The molecule has 9 nitrogen and oxygen atoms in total. The normalized spacial score (nSPS) is 19.1. The molecule has 0 radical (unpaired) electrons. The van der Waals surface area contributed by atoms with Crippen LogP contribution in [-0.2, 0) is 22.6 Å². The first-order valence-corrected chi connectivity index (χ1v) is 19.8. The van der Waals surface area contributed by atoms with Crippen molar-refractivity contribution in [1.82, 2.24) is 14.9 Å². The zero-order chi connectivity index (χ0) is 37.9. The summed E-state index contributed by atoms with van der Waals surface area (Å²) in [5.74, 6) is 5.61. The molecule has 8 rings (SSSR count). The zero-order valence-corrected chi connectivity index (χ0v) is 32.9. The van der Waals surface area contributed by atoms with E-state index in [0.717, 1.165) is 91.2 Å². The molecule has 0 N–H and O–H groups in total. The molecule has 4 aliphatic rings. The van der Waals surface area contributed by atoms with Gasteiger partial charge in [-0.15, -0.1) is 0 Å². The number of hydrogen-bond acceptors (Lipinski definition) is 9. The summed E-state index contributed by atoms with van der Waals surface area (Å²) in [4.78, 5) is 15.0. The minimum absolute atomic E-state index is 0.0766. The predicted molar refractivity (Wildman–Crippen MR) is 216 cm³/mol. The van der Waals surface area contributed by atoms with Crippen molar-refractivity contribution in [2.24, 2.45) is 5.92 Å². The number of benzene rings is 2. The van der Waals surface area contributed by atoms with Gasteiger partial charge in [0.1, 0.15) is 17.3 Å². The Balaban J connectivity index is 0.998. The van der Waals surface area contributed by atoms with Gasteiger partial charge in [0.15, 0.2) is 11.5 Å². The van der Waals surface area contributed by atoms with Crippen molar-refractivity contribution >= 4 is 5.69 Å². The van der Waals surface area contributed by atoms with E-state index in [1.54, 1.807) is 35.5 Å². The molecule has 1 atom stereocenters. The molecule has 1 unspecified atom stereocenters. The fourth-order valence-electron chi connectivity index (χ4n) is 8.65. The fourth-order valence-corrected chi connectivity index (χ4v) is 8.65. The summed E-state index contributed by atoms with van der Waals surface area (Å²) in [6.45, 7) is 3.65. The van der Waals surface area contributed by atoms with Crippen LogP contribution in [0.15, 0.2) is 96.2 Å². The Hall–Kier alpha value is -5.02. The smallest absolute Gasteiger partial charge is 0.164 e. The lowest BCUT2D eigenvalue weighted by Crippen LogP contribution is -2.44. The highest BCUT2D eigenvalue weighted by Gasteiger charge is 2.37. The van der Waals surface area contributed by atoms with Crippen LogP contribution in [0.4, 0.5) is 5.69 Å². The first kappa shape index (κ1) is 36.9. The van der Waals surface area contributed by atoms with Crippen molar-refractivity contribution in [3.05, 3.63) is 119 Å². The molecule has 2 saturated carbocycles. The monoisotopic (exact) mass is 742 g/mol. The van der Waals surface area contributed by atoms with Crippen LogP contribution in [0, 0.1) is 5.92 Å². The molecule has 3 heterocycles. The van der Waals surface area contributed by atoms with E-state index in [-0.39, 0.29) is 5.92 Å². The Morgan fingerprint density at radius 2 is 1.53 bits per heavy atom. The molecule has 2 aromatic carbocycles. The van der Waals surface area contributed by atoms with E-state index in [1.165, 1.54) is 53.6 Å². The lowest BCUT2D eigenvalue weighted by molar-refractivity contribution is 0.200. The van der Waals surface area contributed by atoms with Crippen LogP contribution in [-0.4, -0.2) is 69.5 Å². The van der Waals surface area contributed by atoms with Gasteiger partial charge in [0, 0.05) is 79.3 Å². The third-order valence-corrected chi connectivity index (χ3v) is 11.8. The minimum atomic E-state index is 0.0766. The highest BCUT2D eigenvalue weighted by molar-refractivity contribution is 5.68. The average molecular weight is 743 g/mol. The Kier molecular flexibility index (Phi) is 11.0. The van der Waals surface area contributed by atoms with E-state index in [2.05, 4.69) is 76.5 Å². The maximum absolute atomic E-state index is 6.00. The van der Waals surface area contributed by atoms with Gasteiger partial charge >= 0.3 is 0 Å². The number of hydrogen-bond donors (Lipinski definition) is 0. The quantitative estimate of drug-likeness (QED) is 0.119. The number of piperidine rings is 1. The molecule has 4 aromatic rings. The lowest BCUT2D eigenvalue weighted by Gasteiger charge is -2.40. The van der Waals surface area contributed by atoms with E-state index < -0.39 is 0 Å². The number of pyridine rings is 2. The topological polar surface area (TPSA) is 78.4 Å². The maximum atomic E-state index is 6.00. The molecule has 1 aliphatic heterocycles. The summed E-state index contributed by atoms with van der Waals surface area (Å²) in [5, 5.41) is 0. The number of likely N-dealkylation sites (tertiary alicyclic amines) is 1. The van der Waals surface area contributed by atoms with Crippen molar-refractivity contribution in [3.63, 3.8) is 0 Å². The fraction of sp³-hybridized carbons (Fsp3) is 0.435. The second kappa shape index (κ2) is 16.4. The van der Waals surface area contributed by atoms with Gasteiger partial charge in [0.25, 0.3) is 0 Å². The summed E-state index contributed by atoms with van der Waals surface area (Å²) in [5.41, 5.74) is 9.29. The Labute approximate surface area is 325 Å². The summed E-state index contributed by atoms with van der Waals surface area (Å²) >= 11 is 0. The highest BCUT2D eigenvalue weighted by Crippen LogP contribution is 2.49. The van der Waals surface area contributed by atoms with Crippen LogP contribution in [0.5, 0.6) is 17.2 Å². The molecular formula is C46H54N4O5. The number of aromatic nitrogens is 2. The third kappa shape index (κ3) is 8.04. The van der Waals surface area contributed by atoms with E-state index in [4.69, 9.17) is 33.7 Å². The molecule has 0 bridgehead atoms. The van der Waals surface area contributed by atoms with Gasteiger partial charge in [-0.05, 0) is 122 Å². The van der Waals surface area contributed by atoms with Gasteiger partial charge in [0.05, 0.1) is 46.9 Å². The summed E-state index contributed by atoms with van der Waals surface area (Å²) in [6.07, 6.45) is 13.8. The molecule has 3 fully saturated rings. The molecule has 0 amide bonds. The summed E-state index contributed by atoms with van der Waals surface area (Å²) in [7, 11) is 8.72. The number of nitrogens with zero attached hydrogens (tertiary/aromatic N) is 4. The third-order valence-electron chi connectivity index (χ3n) is 11.8. The van der Waals surface area contributed by atoms with Crippen molar-refractivity contribution < 1.29 is 23.7 Å². The predicted octanol–water partition coefficient (Wildman–Crippen LogP) is 9.05. The Bertz CT molecular complexity index is 2030. The largest absolute Gasteiger partial charge is 0.501 e. The van der Waals surface area contributed by atoms with Crippen LogP contribution in [0.2, 0.25) is 0 Å². The van der Waals surface area contributed by atoms with E-state index in [9.17, 15) is 0 Å². The summed E-state index contributed by atoms with van der Waals surface area (Å²) < 4.78 is 29.0. The average Bonchev–Trinajstić information content (AvgIpc) is 4.18. The number of allylic oxidation sites excluding steroid dienone is 3. The standard InChI is InChI=1S/C46H54N4O5/c1-51-38-14-12-36(13-15-38)50(29-33-7-6-19-48-45(33)35-26-41(52-2)44(32-10-11-32)42(27-35)53-3)37-17-21-49(22-18-37)28-30-16-20-47-40(23-30)34-24-39(31-8-9-31)46(55-5)43(25-34)54-4/h6-7,12-16,19-20,23-26,31-32,35,37H,8-11,17-18,21-22,27-29H2,1-5H3. The van der Waals surface area contributed by atoms with Crippen molar-refractivity contribution in [3.8, 4) is 28.5 Å². The van der Waals surface area contributed by atoms with Crippen LogP contribution >= 0.6 is 0 Å². The first-order chi connectivity index (χ1) is 27.0. The lowest BCUT2D eigenvalue weighted by atomic mass is 9.87. The highest BCUT2D eigenvalue weighted by atomic mass is 16.5. The molecule has 288 valence electrons. The molecule has 9 heteroatoms. The molecule has 3 aliphatic carbocycles.